The van der Waals surface area contributed by atoms with Crippen LogP contribution in [0.5, 0.6) is 0 Å². The molecule has 0 fully saturated rings. The monoisotopic (exact) mass is 504 g/mol. The number of hydrogen-bond donors (Lipinski definition) is 4. The third-order valence-corrected chi connectivity index (χ3v) is 5.63. The number of allylic oxidation sites excluding steroid dienone is 2. The van der Waals surface area contributed by atoms with Crippen LogP contribution in [-0.4, -0.2) is 84.3 Å². The van der Waals surface area contributed by atoms with Gasteiger partial charge in [-0.2, -0.15) is 0 Å². The van der Waals surface area contributed by atoms with E-state index < -0.39 is 31.5 Å². The number of aliphatic hydroxyl groups excluding tert-OH is 4. The van der Waals surface area contributed by atoms with Crippen molar-refractivity contribution >= 4 is 5.97 Å². The van der Waals surface area contributed by atoms with E-state index in [0.717, 1.165) is 32.1 Å². The predicted octanol–water partition coefficient (Wildman–Crippen LogP) is 3.68. The molecule has 0 rings (SSSR count). The minimum atomic E-state index is -1.04. The first-order valence-electron chi connectivity index (χ1n) is 13.6. The Morgan fingerprint density at radius 2 is 1.26 bits per heavy atom. The molecule has 0 spiro atoms. The van der Waals surface area contributed by atoms with Gasteiger partial charge in [-0.15, -0.1) is 0 Å². The van der Waals surface area contributed by atoms with Crippen LogP contribution in [0.2, 0.25) is 0 Å². The smallest absolute Gasteiger partial charge is 0.305 e. The number of aliphatic hydroxyl groups is 4. The number of esters is 1. The highest BCUT2D eigenvalue weighted by Crippen LogP contribution is 2.10. The summed E-state index contributed by atoms with van der Waals surface area (Å²) >= 11 is 0. The number of hydrogen-bond acceptors (Lipinski definition) is 8. The molecular weight excluding hydrogens is 452 g/mol. The van der Waals surface area contributed by atoms with Gasteiger partial charge in [0.25, 0.3) is 0 Å². The molecule has 0 aliphatic carbocycles. The molecule has 0 aliphatic heterocycles. The molecule has 3 atom stereocenters. The number of rotatable bonds is 26. The third kappa shape index (κ3) is 24.4. The first-order chi connectivity index (χ1) is 17.0. The van der Waals surface area contributed by atoms with Gasteiger partial charge < -0.3 is 34.6 Å². The first-order valence-corrected chi connectivity index (χ1v) is 13.6. The molecule has 8 nitrogen and oxygen atoms in total. The Hall–Kier alpha value is -1.03. The summed E-state index contributed by atoms with van der Waals surface area (Å²) in [5, 5.41) is 36.5. The molecule has 3 unspecified atom stereocenters. The fraction of sp³-hybridized carbons (Fsp3) is 0.889. The summed E-state index contributed by atoms with van der Waals surface area (Å²) in [6.07, 6.45) is 17.9. The average Bonchev–Trinajstić information content (AvgIpc) is 2.87. The molecule has 8 heteroatoms. The molecule has 0 aromatic carbocycles. The van der Waals surface area contributed by atoms with E-state index in [4.69, 9.17) is 24.4 Å². The Morgan fingerprint density at radius 1 is 0.714 bits per heavy atom. The van der Waals surface area contributed by atoms with Crippen molar-refractivity contribution in [3.63, 3.8) is 0 Å². The molecule has 0 aromatic rings. The Balaban J connectivity index is 3.77. The van der Waals surface area contributed by atoms with Gasteiger partial charge in [-0.25, -0.2) is 0 Å². The molecule has 0 heterocycles. The standard InChI is InChI=1S/C27H52O8/c1-2-3-4-5-6-7-8-9-10-11-12-13-14-15-16-17-27(32)35-23-26(34-21-25(31)19-29)22-33-20-24(30)18-28/h9-10,24-26,28-31H,2-8,11-23H2,1H3/b10-9-. The summed E-state index contributed by atoms with van der Waals surface area (Å²) in [5.41, 5.74) is 0. The van der Waals surface area contributed by atoms with Crippen LogP contribution in [-0.2, 0) is 19.0 Å². The zero-order valence-corrected chi connectivity index (χ0v) is 22.0. The van der Waals surface area contributed by atoms with Crippen molar-refractivity contribution in [2.24, 2.45) is 0 Å². The van der Waals surface area contributed by atoms with Gasteiger partial charge in [0.05, 0.1) is 33.0 Å². The Labute approximate surface area is 212 Å². The van der Waals surface area contributed by atoms with Crippen LogP contribution in [0.3, 0.4) is 0 Å². The number of ether oxygens (including phenoxy) is 3. The molecular formula is C27H52O8. The van der Waals surface area contributed by atoms with Crippen LogP contribution in [0.15, 0.2) is 12.2 Å². The van der Waals surface area contributed by atoms with Gasteiger partial charge in [-0.3, -0.25) is 4.79 Å². The van der Waals surface area contributed by atoms with Gasteiger partial charge in [0.2, 0.25) is 0 Å². The van der Waals surface area contributed by atoms with Crippen molar-refractivity contribution in [3.8, 4) is 0 Å². The zero-order valence-electron chi connectivity index (χ0n) is 22.0. The van der Waals surface area contributed by atoms with E-state index in [1.165, 1.54) is 51.4 Å². The van der Waals surface area contributed by atoms with Crippen molar-refractivity contribution in [1.29, 1.82) is 0 Å². The molecule has 0 saturated carbocycles. The quantitative estimate of drug-likeness (QED) is 0.0799. The minimum Gasteiger partial charge on any atom is -0.463 e. The first kappa shape index (κ1) is 34.0. The molecule has 35 heavy (non-hydrogen) atoms. The van der Waals surface area contributed by atoms with E-state index in [0.29, 0.717) is 6.42 Å². The van der Waals surface area contributed by atoms with Crippen molar-refractivity contribution in [1.82, 2.24) is 0 Å². The lowest BCUT2D eigenvalue weighted by molar-refractivity contribution is -0.152. The van der Waals surface area contributed by atoms with Gasteiger partial charge in [0.1, 0.15) is 24.9 Å². The van der Waals surface area contributed by atoms with Crippen LogP contribution >= 0.6 is 0 Å². The van der Waals surface area contributed by atoms with E-state index in [9.17, 15) is 15.0 Å². The Kier molecular flexibility index (Phi) is 25.3. The van der Waals surface area contributed by atoms with Gasteiger partial charge in [-0.05, 0) is 32.1 Å². The van der Waals surface area contributed by atoms with Crippen LogP contribution < -0.4 is 0 Å². The van der Waals surface area contributed by atoms with E-state index in [2.05, 4.69) is 19.1 Å². The van der Waals surface area contributed by atoms with E-state index >= 15 is 0 Å². The summed E-state index contributed by atoms with van der Waals surface area (Å²) < 4.78 is 16.0. The molecule has 0 bridgehead atoms. The fourth-order valence-electron chi connectivity index (χ4n) is 3.43. The van der Waals surface area contributed by atoms with Gasteiger partial charge in [0.15, 0.2) is 0 Å². The van der Waals surface area contributed by atoms with Crippen LogP contribution in [0, 0.1) is 0 Å². The zero-order chi connectivity index (χ0) is 26.0. The van der Waals surface area contributed by atoms with Crippen molar-refractivity contribution in [2.75, 3.05) is 39.6 Å². The third-order valence-electron chi connectivity index (χ3n) is 5.63. The molecule has 0 aliphatic rings. The second-order valence-corrected chi connectivity index (χ2v) is 9.18. The molecule has 0 radical (unpaired) electrons. The topological polar surface area (TPSA) is 126 Å². The predicted molar refractivity (Wildman–Crippen MR) is 137 cm³/mol. The van der Waals surface area contributed by atoms with Gasteiger partial charge in [0, 0.05) is 6.42 Å². The molecule has 0 amide bonds. The van der Waals surface area contributed by atoms with Crippen LogP contribution in [0.1, 0.15) is 96.8 Å². The lowest BCUT2D eigenvalue weighted by Crippen LogP contribution is -2.33. The van der Waals surface area contributed by atoms with Gasteiger partial charge >= 0.3 is 5.97 Å². The second kappa shape index (κ2) is 26.0. The van der Waals surface area contributed by atoms with Crippen molar-refractivity contribution in [3.05, 3.63) is 12.2 Å². The average molecular weight is 505 g/mol. The summed E-state index contributed by atoms with van der Waals surface area (Å²) in [6, 6.07) is 0. The summed E-state index contributed by atoms with van der Waals surface area (Å²) in [5.74, 6) is -0.311. The molecule has 0 aromatic heterocycles. The molecule has 208 valence electrons. The molecule has 4 N–H and O–H groups in total. The van der Waals surface area contributed by atoms with E-state index in [1.807, 2.05) is 0 Å². The van der Waals surface area contributed by atoms with E-state index in [-0.39, 0.29) is 32.4 Å². The highest BCUT2D eigenvalue weighted by atomic mass is 16.6. The molecule has 0 saturated heterocycles. The highest BCUT2D eigenvalue weighted by molar-refractivity contribution is 5.69. The maximum atomic E-state index is 12.0. The second-order valence-electron chi connectivity index (χ2n) is 9.18. The van der Waals surface area contributed by atoms with Crippen molar-refractivity contribution < 1.29 is 39.4 Å². The lowest BCUT2D eigenvalue weighted by atomic mass is 10.1. The number of unbranched alkanes of at least 4 members (excludes halogenated alkanes) is 11. The summed E-state index contributed by atoms with van der Waals surface area (Å²) in [6.45, 7) is 1.16. The lowest BCUT2D eigenvalue weighted by Gasteiger charge is -2.20. The van der Waals surface area contributed by atoms with Crippen LogP contribution in [0.4, 0.5) is 0 Å². The normalized spacial score (nSPS) is 14.3. The van der Waals surface area contributed by atoms with Crippen molar-refractivity contribution in [2.45, 2.75) is 115 Å². The van der Waals surface area contributed by atoms with Gasteiger partial charge in [-0.1, -0.05) is 70.4 Å². The largest absolute Gasteiger partial charge is 0.463 e. The van der Waals surface area contributed by atoms with Crippen LogP contribution in [0.25, 0.3) is 0 Å². The Bertz CT molecular complexity index is 486. The minimum absolute atomic E-state index is 0.0237. The SMILES string of the molecule is CCCCCCCC/C=C\CCCCCCCC(=O)OCC(COCC(O)CO)OCC(O)CO. The fourth-order valence-corrected chi connectivity index (χ4v) is 3.43. The maximum absolute atomic E-state index is 12.0. The summed E-state index contributed by atoms with van der Waals surface area (Å²) in [4.78, 5) is 12.0. The summed E-state index contributed by atoms with van der Waals surface area (Å²) in [7, 11) is 0. The number of carbonyl (C=O) groups excluding carboxylic acids is 1. The highest BCUT2D eigenvalue weighted by Gasteiger charge is 2.16. The number of carbonyl (C=O) groups is 1. The van der Waals surface area contributed by atoms with E-state index in [1.54, 1.807) is 0 Å². The maximum Gasteiger partial charge on any atom is 0.305 e. The Morgan fingerprint density at radius 3 is 1.86 bits per heavy atom.